The minimum absolute atomic E-state index is 0.327. The summed E-state index contributed by atoms with van der Waals surface area (Å²) in [7, 11) is 0. The van der Waals surface area contributed by atoms with Crippen molar-refractivity contribution in [3.05, 3.63) is 15.9 Å². The molecule has 1 aromatic heterocycles. The normalized spacial score (nSPS) is 19.1. The molecule has 5 heteroatoms. The molecule has 1 aromatic rings. The van der Waals surface area contributed by atoms with Crippen LogP contribution >= 0.6 is 15.9 Å². The van der Waals surface area contributed by atoms with Crippen LogP contribution in [0.3, 0.4) is 0 Å². The highest BCUT2D eigenvalue weighted by Crippen LogP contribution is 2.45. The summed E-state index contributed by atoms with van der Waals surface area (Å²) in [5, 5.41) is 4.71. The molecule has 0 amide bonds. The van der Waals surface area contributed by atoms with Gasteiger partial charge in [0.15, 0.2) is 0 Å². The molecule has 0 spiro atoms. The Labute approximate surface area is 137 Å². The van der Waals surface area contributed by atoms with Crippen LogP contribution in [0.4, 0.5) is 0 Å². The minimum atomic E-state index is 0.327. The Morgan fingerprint density at radius 3 is 2.48 bits per heavy atom. The molecule has 3 N–H and O–H groups in total. The molecule has 1 heterocycles. The van der Waals surface area contributed by atoms with Crippen molar-refractivity contribution >= 4 is 15.9 Å². The zero-order valence-electron chi connectivity index (χ0n) is 13.6. The van der Waals surface area contributed by atoms with Crippen LogP contribution in [0.25, 0.3) is 0 Å². The molecule has 1 atom stereocenters. The van der Waals surface area contributed by atoms with E-state index in [0.717, 1.165) is 25.1 Å². The molecular formula is C16H29BrN4. The van der Waals surface area contributed by atoms with Crippen molar-refractivity contribution in [3.63, 3.8) is 0 Å². The van der Waals surface area contributed by atoms with Crippen molar-refractivity contribution in [2.75, 3.05) is 0 Å². The van der Waals surface area contributed by atoms with Gasteiger partial charge in [-0.05, 0) is 54.0 Å². The molecule has 0 bridgehead atoms. The van der Waals surface area contributed by atoms with Gasteiger partial charge in [0.25, 0.3) is 0 Å². The number of aromatic nitrogens is 2. The molecule has 0 saturated heterocycles. The van der Waals surface area contributed by atoms with Crippen molar-refractivity contribution in [2.45, 2.75) is 78.3 Å². The van der Waals surface area contributed by atoms with E-state index < -0.39 is 0 Å². The second-order valence-corrected chi connectivity index (χ2v) is 7.02. The lowest BCUT2D eigenvalue weighted by molar-refractivity contribution is 0.183. The van der Waals surface area contributed by atoms with Crippen LogP contribution < -0.4 is 11.3 Å². The van der Waals surface area contributed by atoms with Gasteiger partial charge in [0, 0.05) is 19.0 Å². The zero-order chi connectivity index (χ0) is 15.5. The quantitative estimate of drug-likeness (QED) is 0.579. The van der Waals surface area contributed by atoms with E-state index in [1.807, 2.05) is 0 Å². The van der Waals surface area contributed by atoms with Crippen LogP contribution in [0.15, 0.2) is 4.47 Å². The predicted molar refractivity (Wildman–Crippen MR) is 91.0 cm³/mol. The van der Waals surface area contributed by atoms with E-state index in [9.17, 15) is 0 Å². The van der Waals surface area contributed by atoms with Crippen molar-refractivity contribution in [1.82, 2.24) is 15.2 Å². The first kappa shape index (κ1) is 17.0. The lowest BCUT2D eigenvalue weighted by Crippen LogP contribution is -2.48. The third kappa shape index (κ3) is 3.20. The highest BCUT2D eigenvalue weighted by atomic mass is 79.9. The van der Waals surface area contributed by atoms with Crippen LogP contribution in [-0.4, -0.2) is 15.8 Å². The highest BCUT2D eigenvalue weighted by molar-refractivity contribution is 9.10. The summed E-state index contributed by atoms with van der Waals surface area (Å²) in [4.78, 5) is 0. The summed E-state index contributed by atoms with van der Waals surface area (Å²) in [5.74, 6) is 5.95. The molecular weight excluding hydrogens is 328 g/mol. The third-order valence-electron chi connectivity index (χ3n) is 5.34. The number of nitrogens with one attached hydrogen (secondary N) is 1. The van der Waals surface area contributed by atoms with E-state index in [1.54, 1.807) is 0 Å². The summed E-state index contributed by atoms with van der Waals surface area (Å²) < 4.78 is 3.31. The molecule has 2 rings (SSSR count). The standard InChI is InChI=1S/C16H29BrN4/c1-4-12-15(17)13(21(6-3)20-12)11-14(19-18)16(5-2)9-7-8-10-16/h14,19H,4-11,18H2,1-3H3. The van der Waals surface area contributed by atoms with Crippen LogP contribution in [0.5, 0.6) is 0 Å². The van der Waals surface area contributed by atoms with Gasteiger partial charge in [0.2, 0.25) is 0 Å². The first-order valence-electron chi connectivity index (χ1n) is 8.32. The van der Waals surface area contributed by atoms with Gasteiger partial charge in [-0.2, -0.15) is 5.10 Å². The Morgan fingerprint density at radius 1 is 1.33 bits per heavy atom. The molecule has 0 aromatic carbocycles. The second-order valence-electron chi connectivity index (χ2n) is 6.22. The Balaban J connectivity index is 2.28. The fourth-order valence-corrected chi connectivity index (χ4v) is 4.61. The van der Waals surface area contributed by atoms with E-state index in [4.69, 9.17) is 10.9 Å². The number of hydrogen-bond acceptors (Lipinski definition) is 3. The van der Waals surface area contributed by atoms with Gasteiger partial charge in [0.1, 0.15) is 0 Å². The number of aryl methyl sites for hydroxylation is 2. The fraction of sp³-hybridized carbons (Fsp3) is 0.812. The molecule has 21 heavy (non-hydrogen) atoms. The van der Waals surface area contributed by atoms with E-state index >= 15 is 0 Å². The summed E-state index contributed by atoms with van der Waals surface area (Å²) in [6, 6.07) is 0.327. The van der Waals surface area contributed by atoms with Crippen molar-refractivity contribution in [2.24, 2.45) is 11.3 Å². The molecule has 0 aliphatic heterocycles. The first-order chi connectivity index (χ1) is 10.1. The Hall–Kier alpha value is -0.390. The van der Waals surface area contributed by atoms with Gasteiger partial charge < -0.3 is 0 Å². The average molecular weight is 357 g/mol. The first-order valence-corrected chi connectivity index (χ1v) is 9.11. The van der Waals surface area contributed by atoms with Crippen molar-refractivity contribution in [3.8, 4) is 0 Å². The van der Waals surface area contributed by atoms with Gasteiger partial charge in [-0.1, -0.05) is 26.7 Å². The number of nitrogens with two attached hydrogens (primary N) is 1. The average Bonchev–Trinajstić information content (AvgIpc) is 3.10. The van der Waals surface area contributed by atoms with E-state index in [1.165, 1.54) is 42.3 Å². The number of hydrazine groups is 1. The van der Waals surface area contributed by atoms with Crippen LogP contribution in [0.2, 0.25) is 0 Å². The highest BCUT2D eigenvalue weighted by Gasteiger charge is 2.40. The second kappa shape index (κ2) is 7.25. The maximum atomic E-state index is 5.95. The number of halogens is 1. The lowest BCUT2D eigenvalue weighted by Gasteiger charge is -2.36. The molecule has 0 radical (unpaired) electrons. The Bertz CT molecular complexity index is 463. The number of rotatable bonds is 7. The summed E-state index contributed by atoms with van der Waals surface area (Å²) >= 11 is 3.76. The van der Waals surface area contributed by atoms with Crippen LogP contribution in [-0.2, 0) is 19.4 Å². The van der Waals surface area contributed by atoms with Gasteiger partial charge in [0.05, 0.1) is 15.9 Å². The van der Waals surface area contributed by atoms with Gasteiger partial charge in [-0.25, -0.2) is 0 Å². The summed E-state index contributed by atoms with van der Waals surface area (Å²) in [6.07, 6.45) is 8.35. The Kier molecular flexibility index (Phi) is 5.86. The lowest BCUT2D eigenvalue weighted by atomic mass is 9.74. The van der Waals surface area contributed by atoms with Gasteiger partial charge in [-0.15, -0.1) is 0 Å². The maximum absolute atomic E-state index is 5.95. The van der Waals surface area contributed by atoms with Crippen molar-refractivity contribution < 1.29 is 0 Å². The minimum Gasteiger partial charge on any atom is -0.271 e. The molecule has 1 saturated carbocycles. The number of nitrogens with zero attached hydrogens (tertiary/aromatic N) is 2. The molecule has 1 aliphatic carbocycles. The van der Waals surface area contributed by atoms with Crippen molar-refractivity contribution in [1.29, 1.82) is 0 Å². The summed E-state index contributed by atoms with van der Waals surface area (Å²) in [6.45, 7) is 7.52. The molecule has 1 fully saturated rings. The van der Waals surface area contributed by atoms with E-state index in [-0.39, 0.29) is 0 Å². The topological polar surface area (TPSA) is 55.9 Å². The molecule has 4 nitrogen and oxygen atoms in total. The van der Waals surface area contributed by atoms with Gasteiger partial charge in [-0.3, -0.25) is 16.0 Å². The zero-order valence-corrected chi connectivity index (χ0v) is 15.2. The molecule has 1 aliphatic rings. The van der Waals surface area contributed by atoms with Crippen LogP contribution in [0.1, 0.15) is 64.3 Å². The molecule has 1 unspecified atom stereocenters. The summed E-state index contributed by atoms with van der Waals surface area (Å²) in [5.41, 5.74) is 5.92. The third-order valence-corrected chi connectivity index (χ3v) is 6.25. The monoisotopic (exact) mass is 356 g/mol. The van der Waals surface area contributed by atoms with Crippen LogP contribution in [0, 0.1) is 5.41 Å². The fourth-order valence-electron chi connectivity index (χ4n) is 3.89. The van der Waals surface area contributed by atoms with E-state index in [2.05, 4.69) is 46.8 Å². The van der Waals surface area contributed by atoms with E-state index in [0.29, 0.717) is 11.5 Å². The molecule has 120 valence electrons. The predicted octanol–water partition coefficient (Wildman–Crippen LogP) is 3.57. The number of hydrogen-bond donors (Lipinski definition) is 2. The smallest absolute Gasteiger partial charge is 0.0766 e. The maximum Gasteiger partial charge on any atom is 0.0766 e. The van der Waals surface area contributed by atoms with Gasteiger partial charge >= 0.3 is 0 Å². The SMILES string of the molecule is CCc1nn(CC)c(CC(NN)C2(CC)CCCC2)c1Br. The largest absolute Gasteiger partial charge is 0.271 e. The Morgan fingerprint density at radius 2 is 2.00 bits per heavy atom.